The molecule has 4 heteroatoms. The maximum Gasteiger partial charge on any atom is 0.323 e. The Kier molecular flexibility index (Phi) is 5.45. The fraction of sp³-hybridized carbons (Fsp3) is 0.375. The fourth-order valence-corrected chi connectivity index (χ4v) is 4.44. The number of carbonyl (C=O) groups excluding carboxylic acids is 1. The highest BCUT2D eigenvalue weighted by atomic mass is 19.1. The van der Waals surface area contributed by atoms with Crippen molar-refractivity contribution in [3.8, 4) is 11.8 Å². The van der Waals surface area contributed by atoms with Crippen LogP contribution in [0, 0.1) is 17.7 Å². The van der Waals surface area contributed by atoms with E-state index in [1.165, 1.54) is 30.4 Å². The Balaban J connectivity index is 1.56. The van der Waals surface area contributed by atoms with Gasteiger partial charge in [0.1, 0.15) is 11.9 Å². The molecule has 1 saturated heterocycles. The van der Waals surface area contributed by atoms with E-state index in [9.17, 15) is 9.18 Å². The zero-order valence-electron chi connectivity index (χ0n) is 16.1. The Hall–Kier alpha value is -2.64. The average molecular weight is 377 g/mol. The number of fused-ring (bicyclic) bond motifs is 1. The standard InChI is InChI=1S/C24H24FNO2/c1-28-24(27)23-7-2-3-14-26(23)22-13-11-19-15-18(10-12-21(19)22)9-8-17-5-4-6-20(25)16-17/h4-6,10,12,15-16,22-23H,2-3,7,11,13-14H2,1H3/t22-,23-/m1/s1. The fourth-order valence-electron chi connectivity index (χ4n) is 4.44. The van der Waals surface area contributed by atoms with Crippen LogP contribution in [0.2, 0.25) is 0 Å². The van der Waals surface area contributed by atoms with E-state index in [0.717, 1.165) is 44.2 Å². The summed E-state index contributed by atoms with van der Waals surface area (Å²) in [5.74, 6) is 5.79. The van der Waals surface area contributed by atoms with Crippen LogP contribution in [0.1, 0.15) is 54.0 Å². The van der Waals surface area contributed by atoms with Crippen molar-refractivity contribution in [3.05, 3.63) is 70.5 Å². The second-order valence-corrected chi connectivity index (χ2v) is 7.50. The number of hydrogen-bond donors (Lipinski definition) is 0. The van der Waals surface area contributed by atoms with Gasteiger partial charge in [0.15, 0.2) is 0 Å². The molecule has 4 rings (SSSR count). The number of esters is 1. The maximum atomic E-state index is 13.3. The highest BCUT2D eigenvalue weighted by Crippen LogP contribution is 2.39. The molecule has 1 aliphatic heterocycles. The molecular weight excluding hydrogens is 353 g/mol. The molecular formula is C24H24FNO2. The van der Waals surface area contributed by atoms with Crippen molar-refractivity contribution in [3.63, 3.8) is 0 Å². The molecule has 2 atom stereocenters. The Morgan fingerprint density at radius 3 is 2.71 bits per heavy atom. The summed E-state index contributed by atoms with van der Waals surface area (Å²) in [5.41, 5.74) is 4.21. The Morgan fingerprint density at radius 1 is 1.11 bits per heavy atom. The summed E-state index contributed by atoms with van der Waals surface area (Å²) in [5, 5.41) is 0. The normalized spacial score (nSPS) is 21.5. The molecule has 2 aliphatic rings. The van der Waals surface area contributed by atoms with Crippen molar-refractivity contribution >= 4 is 5.97 Å². The first kappa shape index (κ1) is 18.7. The number of aryl methyl sites for hydroxylation is 1. The van der Waals surface area contributed by atoms with Gasteiger partial charge in [-0.25, -0.2) is 4.39 Å². The number of benzene rings is 2. The van der Waals surface area contributed by atoms with E-state index in [1.54, 1.807) is 6.07 Å². The number of nitrogens with zero attached hydrogens (tertiary/aromatic N) is 1. The minimum atomic E-state index is -0.273. The number of likely N-dealkylation sites (tertiary alicyclic amines) is 1. The lowest BCUT2D eigenvalue weighted by atomic mass is 9.96. The SMILES string of the molecule is COC(=O)[C@H]1CCCCN1[C@@H]1CCc2cc(C#Cc3cccc(F)c3)ccc21. The van der Waals surface area contributed by atoms with Gasteiger partial charge in [0.25, 0.3) is 0 Å². The van der Waals surface area contributed by atoms with Crippen LogP contribution in [-0.4, -0.2) is 30.6 Å². The predicted molar refractivity (Wildman–Crippen MR) is 106 cm³/mol. The first-order chi connectivity index (χ1) is 13.7. The van der Waals surface area contributed by atoms with Crippen LogP contribution in [0.25, 0.3) is 0 Å². The van der Waals surface area contributed by atoms with E-state index in [0.29, 0.717) is 5.56 Å². The maximum absolute atomic E-state index is 13.3. The van der Waals surface area contributed by atoms with Gasteiger partial charge < -0.3 is 4.74 Å². The molecule has 144 valence electrons. The van der Waals surface area contributed by atoms with Gasteiger partial charge in [-0.05, 0) is 73.7 Å². The van der Waals surface area contributed by atoms with Crippen LogP contribution in [0.3, 0.4) is 0 Å². The van der Waals surface area contributed by atoms with E-state index in [-0.39, 0.29) is 23.9 Å². The predicted octanol–water partition coefficient (Wildman–Crippen LogP) is 4.24. The molecule has 1 aliphatic carbocycles. The second kappa shape index (κ2) is 8.16. The number of halogens is 1. The lowest BCUT2D eigenvalue weighted by Crippen LogP contribution is -2.46. The molecule has 0 amide bonds. The lowest BCUT2D eigenvalue weighted by Gasteiger charge is -2.38. The van der Waals surface area contributed by atoms with Gasteiger partial charge in [-0.1, -0.05) is 30.4 Å². The molecule has 2 aromatic rings. The summed E-state index contributed by atoms with van der Waals surface area (Å²) in [6.45, 7) is 0.936. The van der Waals surface area contributed by atoms with Gasteiger partial charge in [0.05, 0.1) is 7.11 Å². The quantitative estimate of drug-likeness (QED) is 0.579. The van der Waals surface area contributed by atoms with Crippen molar-refractivity contribution < 1.29 is 13.9 Å². The summed E-state index contributed by atoms with van der Waals surface area (Å²) in [6.07, 6.45) is 5.07. The third-order valence-corrected chi connectivity index (χ3v) is 5.78. The third kappa shape index (κ3) is 3.81. The summed E-state index contributed by atoms with van der Waals surface area (Å²) < 4.78 is 18.3. The van der Waals surface area contributed by atoms with Gasteiger partial charge in [0, 0.05) is 17.2 Å². The Labute approximate surface area is 165 Å². The molecule has 0 N–H and O–H groups in total. The molecule has 0 saturated carbocycles. The Morgan fingerprint density at radius 2 is 1.93 bits per heavy atom. The number of ether oxygens (including phenoxy) is 1. The van der Waals surface area contributed by atoms with Crippen LogP contribution in [0.15, 0.2) is 42.5 Å². The van der Waals surface area contributed by atoms with Crippen LogP contribution in [0.5, 0.6) is 0 Å². The molecule has 0 aromatic heterocycles. The minimum absolute atomic E-state index is 0.120. The van der Waals surface area contributed by atoms with E-state index in [4.69, 9.17) is 4.74 Å². The van der Waals surface area contributed by atoms with Crippen LogP contribution in [0.4, 0.5) is 4.39 Å². The monoisotopic (exact) mass is 377 g/mol. The highest BCUT2D eigenvalue weighted by molar-refractivity contribution is 5.75. The summed E-state index contributed by atoms with van der Waals surface area (Å²) >= 11 is 0. The molecule has 0 bridgehead atoms. The topological polar surface area (TPSA) is 29.5 Å². The van der Waals surface area contributed by atoms with Gasteiger partial charge in [0.2, 0.25) is 0 Å². The zero-order chi connectivity index (χ0) is 19.5. The number of piperidine rings is 1. The molecule has 1 fully saturated rings. The molecule has 0 spiro atoms. The number of hydrogen-bond acceptors (Lipinski definition) is 3. The number of carbonyl (C=O) groups is 1. The average Bonchev–Trinajstić information content (AvgIpc) is 3.15. The van der Waals surface area contributed by atoms with E-state index >= 15 is 0 Å². The largest absolute Gasteiger partial charge is 0.468 e. The first-order valence-corrected chi connectivity index (χ1v) is 9.89. The molecule has 1 heterocycles. The van der Waals surface area contributed by atoms with Crippen LogP contribution in [-0.2, 0) is 16.0 Å². The van der Waals surface area contributed by atoms with Gasteiger partial charge in [-0.3, -0.25) is 9.69 Å². The molecule has 2 aromatic carbocycles. The molecule has 0 unspecified atom stereocenters. The van der Waals surface area contributed by atoms with Crippen LogP contribution >= 0.6 is 0 Å². The zero-order valence-corrected chi connectivity index (χ0v) is 16.1. The van der Waals surface area contributed by atoms with Gasteiger partial charge in [-0.2, -0.15) is 0 Å². The lowest BCUT2D eigenvalue weighted by molar-refractivity contribution is -0.149. The van der Waals surface area contributed by atoms with Crippen molar-refractivity contribution in [1.29, 1.82) is 0 Å². The van der Waals surface area contributed by atoms with E-state index < -0.39 is 0 Å². The number of methoxy groups -OCH3 is 1. The third-order valence-electron chi connectivity index (χ3n) is 5.78. The van der Waals surface area contributed by atoms with Crippen LogP contribution < -0.4 is 0 Å². The summed E-state index contributed by atoms with van der Waals surface area (Å²) in [7, 11) is 1.47. The summed E-state index contributed by atoms with van der Waals surface area (Å²) in [4.78, 5) is 14.6. The first-order valence-electron chi connectivity index (χ1n) is 9.89. The molecule has 0 radical (unpaired) electrons. The Bertz CT molecular complexity index is 943. The summed E-state index contributed by atoms with van der Waals surface area (Å²) in [6, 6.07) is 12.8. The number of rotatable bonds is 2. The second-order valence-electron chi connectivity index (χ2n) is 7.50. The van der Waals surface area contributed by atoms with Crippen molar-refractivity contribution in [2.24, 2.45) is 0 Å². The molecule has 28 heavy (non-hydrogen) atoms. The van der Waals surface area contributed by atoms with Crippen molar-refractivity contribution in [1.82, 2.24) is 4.90 Å². The van der Waals surface area contributed by atoms with Gasteiger partial charge in [-0.15, -0.1) is 0 Å². The highest BCUT2D eigenvalue weighted by Gasteiger charge is 2.37. The minimum Gasteiger partial charge on any atom is -0.468 e. The van der Waals surface area contributed by atoms with E-state index in [2.05, 4.69) is 28.9 Å². The van der Waals surface area contributed by atoms with E-state index in [1.807, 2.05) is 12.1 Å². The van der Waals surface area contributed by atoms with Crippen molar-refractivity contribution in [2.75, 3.05) is 13.7 Å². The van der Waals surface area contributed by atoms with Gasteiger partial charge >= 0.3 is 5.97 Å². The molecule has 3 nitrogen and oxygen atoms in total. The van der Waals surface area contributed by atoms with Crippen molar-refractivity contribution in [2.45, 2.75) is 44.2 Å². The smallest absolute Gasteiger partial charge is 0.323 e.